The second-order valence-electron chi connectivity index (χ2n) is 3.13. The van der Waals surface area contributed by atoms with Crippen molar-refractivity contribution in [1.82, 2.24) is 4.90 Å². The maximum Gasteiger partial charge on any atom is 0.249 e. The summed E-state index contributed by atoms with van der Waals surface area (Å²) < 4.78 is 0. The average molecular weight is 190 g/mol. The van der Waals surface area contributed by atoms with Gasteiger partial charge in [0, 0.05) is 32.1 Å². The van der Waals surface area contributed by atoms with Gasteiger partial charge in [-0.1, -0.05) is 18.2 Å². The number of hydrogen-bond donors (Lipinski definition) is 1. The topological polar surface area (TPSA) is 32.3 Å². The first kappa shape index (κ1) is 10.3. The van der Waals surface area contributed by atoms with E-state index in [0.29, 0.717) is 0 Å². The van der Waals surface area contributed by atoms with Crippen molar-refractivity contribution in [3.63, 3.8) is 0 Å². The highest BCUT2D eigenvalue weighted by Gasteiger charge is 1.95. The van der Waals surface area contributed by atoms with Crippen LogP contribution in [-0.2, 0) is 4.79 Å². The number of para-hydroxylation sites is 1. The molecule has 3 heteroatoms. The minimum absolute atomic E-state index is 0.120. The van der Waals surface area contributed by atoms with Gasteiger partial charge in [-0.05, 0) is 12.1 Å². The molecule has 1 N–H and O–H groups in total. The molecule has 3 nitrogen and oxygen atoms in total. The van der Waals surface area contributed by atoms with Gasteiger partial charge in [0.25, 0.3) is 0 Å². The minimum Gasteiger partial charge on any atom is -0.383 e. The quantitative estimate of drug-likeness (QED) is 0.736. The Bertz CT molecular complexity index is 317. The van der Waals surface area contributed by atoms with Crippen molar-refractivity contribution in [2.75, 3.05) is 19.4 Å². The van der Waals surface area contributed by atoms with E-state index in [9.17, 15) is 4.79 Å². The van der Waals surface area contributed by atoms with Gasteiger partial charge in [-0.3, -0.25) is 4.79 Å². The molecule has 0 heterocycles. The molecule has 0 aliphatic carbocycles. The second kappa shape index (κ2) is 5.07. The molecular weight excluding hydrogens is 176 g/mol. The molecule has 1 rings (SSSR count). The van der Waals surface area contributed by atoms with Crippen molar-refractivity contribution in [3.05, 3.63) is 42.6 Å². The highest BCUT2D eigenvalue weighted by atomic mass is 16.1. The number of amides is 1. The zero-order valence-electron chi connectivity index (χ0n) is 8.40. The van der Waals surface area contributed by atoms with Crippen molar-refractivity contribution < 1.29 is 4.79 Å². The monoisotopic (exact) mass is 190 g/mol. The molecule has 14 heavy (non-hydrogen) atoms. The third-order valence-corrected chi connectivity index (χ3v) is 1.57. The number of rotatable bonds is 3. The normalized spacial score (nSPS) is 10.1. The lowest BCUT2D eigenvalue weighted by Crippen LogP contribution is -2.10. The molecule has 0 unspecified atom stereocenters. The molecule has 0 atom stereocenters. The van der Waals surface area contributed by atoms with Crippen LogP contribution in [0.25, 0.3) is 0 Å². The highest BCUT2D eigenvalue weighted by Crippen LogP contribution is 2.04. The Hall–Kier alpha value is -1.77. The number of carbonyl (C=O) groups excluding carboxylic acids is 1. The van der Waals surface area contributed by atoms with Gasteiger partial charge in [0.05, 0.1) is 0 Å². The maximum atomic E-state index is 11.3. The van der Waals surface area contributed by atoms with Crippen LogP contribution in [0, 0.1) is 0 Å². The first-order chi connectivity index (χ1) is 6.68. The van der Waals surface area contributed by atoms with Crippen molar-refractivity contribution >= 4 is 11.6 Å². The molecule has 0 radical (unpaired) electrons. The molecule has 0 aliphatic heterocycles. The average Bonchev–Trinajstić information content (AvgIpc) is 2.16. The van der Waals surface area contributed by atoms with E-state index < -0.39 is 0 Å². The van der Waals surface area contributed by atoms with Gasteiger partial charge in [-0.15, -0.1) is 0 Å². The molecule has 0 bridgehead atoms. The molecule has 0 saturated heterocycles. The molecular formula is C11H14N2O. The van der Waals surface area contributed by atoms with Crippen LogP contribution < -0.4 is 5.32 Å². The number of carbonyl (C=O) groups is 1. The number of anilines is 1. The van der Waals surface area contributed by atoms with E-state index in [4.69, 9.17) is 0 Å². The Morgan fingerprint density at radius 2 is 1.93 bits per heavy atom. The van der Waals surface area contributed by atoms with Crippen molar-refractivity contribution in [2.24, 2.45) is 0 Å². The molecule has 1 aromatic carbocycles. The molecule has 0 spiro atoms. The number of benzene rings is 1. The summed E-state index contributed by atoms with van der Waals surface area (Å²) in [6.07, 6.45) is 3.20. The van der Waals surface area contributed by atoms with Gasteiger partial charge in [-0.2, -0.15) is 0 Å². The van der Waals surface area contributed by atoms with Crippen LogP contribution in [0.1, 0.15) is 0 Å². The lowest BCUT2D eigenvalue weighted by Gasteiger charge is -2.04. The van der Waals surface area contributed by atoms with Crippen LogP contribution >= 0.6 is 0 Å². The maximum absolute atomic E-state index is 11.3. The van der Waals surface area contributed by atoms with Gasteiger partial charge < -0.3 is 10.2 Å². The fraction of sp³-hybridized carbons (Fsp3) is 0.182. The van der Waals surface area contributed by atoms with Gasteiger partial charge in [0.2, 0.25) is 5.91 Å². The summed E-state index contributed by atoms with van der Waals surface area (Å²) in [6.45, 7) is 0. The van der Waals surface area contributed by atoms with E-state index >= 15 is 0 Å². The summed E-state index contributed by atoms with van der Waals surface area (Å²) in [5.41, 5.74) is 0.806. The van der Waals surface area contributed by atoms with Crippen molar-refractivity contribution in [1.29, 1.82) is 0 Å². The van der Waals surface area contributed by atoms with E-state index in [0.717, 1.165) is 5.69 Å². The van der Waals surface area contributed by atoms with Crippen LogP contribution in [0.5, 0.6) is 0 Å². The fourth-order valence-electron chi connectivity index (χ4n) is 0.922. The van der Waals surface area contributed by atoms with E-state index in [1.54, 1.807) is 6.20 Å². The van der Waals surface area contributed by atoms with Crippen LogP contribution in [0.3, 0.4) is 0 Å². The molecule has 0 aromatic heterocycles. The smallest absolute Gasteiger partial charge is 0.249 e. The Kier molecular flexibility index (Phi) is 3.73. The van der Waals surface area contributed by atoms with Gasteiger partial charge in [0.1, 0.15) is 0 Å². The van der Waals surface area contributed by atoms with Gasteiger partial charge in [-0.25, -0.2) is 0 Å². The minimum atomic E-state index is -0.120. The number of nitrogens with zero attached hydrogens (tertiary/aromatic N) is 1. The summed E-state index contributed by atoms with van der Waals surface area (Å²) in [7, 11) is 3.73. The van der Waals surface area contributed by atoms with Crippen LogP contribution in [-0.4, -0.2) is 24.9 Å². The number of hydrogen-bond acceptors (Lipinski definition) is 2. The third-order valence-electron chi connectivity index (χ3n) is 1.57. The third kappa shape index (κ3) is 3.76. The zero-order chi connectivity index (χ0) is 10.4. The predicted octanol–water partition coefficient (Wildman–Crippen LogP) is 1.70. The zero-order valence-corrected chi connectivity index (χ0v) is 8.40. The lowest BCUT2D eigenvalue weighted by atomic mass is 10.3. The first-order valence-corrected chi connectivity index (χ1v) is 4.39. The molecule has 74 valence electrons. The second-order valence-corrected chi connectivity index (χ2v) is 3.13. The van der Waals surface area contributed by atoms with Gasteiger partial charge in [0.15, 0.2) is 0 Å². The van der Waals surface area contributed by atoms with Crippen molar-refractivity contribution in [2.45, 2.75) is 0 Å². The standard InChI is InChI=1S/C11H14N2O/c1-13(2)9-8-11(14)12-10-6-4-3-5-7-10/h3-9H,1-2H3,(H,12,14). The Balaban J connectivity index is 2.50. The van der Waals surface area contributed by atoms with Crippen LogP contribution in [0.15, 0.2) is 42.6 Å². The Labute approximate surface area is 84.0 Å². The molecule has 1 aromatic rings. The Morgan fingerprint density at radius 1 is 1.29 bits per heavy atom. The van der Waals surface area contributed by atoms with Crippen LogP contribution in [0.4, 0.5) is 5.69 Å². The Morgan fingerprint density at radius 3 is 2.50 bits per heavy atom. The summed E-state index contributed by atoms with van der Waals surface area (Å²) in [6, 6.07) is 9.37. The largest absolute Gasteiger partial charge is 0.383 e. The van der Waals surface area contributed by atoms with Crippen LogP contribution in [0.2, 0.25) is 0 Å². The molecule has 1 amide bonds. The molecule has 0 fully saturated rings. The SMILES string of the molecule is CN(C)C=CC(=O)Nc1ccccc1. The summed E-state index contributed by atoms with van der Waals surface area (Å²) in [4.78, 5) is 13.1. The molecule has 0 saturated carbocycles. The van der Waals surface area contributed by atoms with E-state index in [2.05, 4.69) is 5.32 Å². The summed E-state index contributed by atoms with van der Waals surface area (Å²) >= 11 is 0. The highest BCUT2D eigenvalue weighted by molar-refractivity contribution is 5.99. The fourth-order valence-corrected chi connectivity index (χ4v) is 0.922. The lowest BCUT2D eigenvalue weighted by molar-refractivity contribution is -0.112. The van der Waals surface area contributed by atoms with E-state index in [1.165, 1.54) is 6.08 Å². The first-order valence-electron chi connectivity index (χ1n) is 4.39. The van der Waals surface area contributed by atoms with E-state index in [-0.39, 0.29) is 5.91 Å². The summed E-state index contributed by atoms with van der Waals surface area (Å²) in [5, 5.41) is 2.74. The molecule has 0 aliphatic rings. The predicted molar refractivity (Wildman–Crippen MR) is 57.9 cm³/mol. The van der Waals surface area contributed by atoms with Gasteiger partial charge >= 0.3 is 0 Å². The summed E-state index contributed by atoms with van der Waals surface area (Å²) in [5.74, 6) is -0.120. The van der Waals surface area contributed by atoms with Crippen molar-refractivity contribution in [3.8, 4) is 0 Å². The van der Waals surface area contributed by atoms with E-state index in [1.807, 2.05) is 49.3 Å². The number of nitrogens with one attached hydrogen (secondary N) is 1.